The Labute approximate surface area is 124 Å². The number of anilines is 1. The number of hydrogen-bond acceptors (Lipinski definition) is 3. The van der Waals surface area contributed by atoms with Gasteiger partial charge in [0, 0.05) is 18.0 Å². The van der Waals surface area contributed by atoms with E-state index in [1.807, 2.05) is 6.92 Å². The van der Waals surface area contributed by atoms with E-state index >= 15 is 0 Å². The summed E-state index contributed by atoms with van der Waals surface area (Å²) < 4.78 is 38.0. The molecular formula is C15H13F3N2O2. The summed E-state index contributed by atoms with van der Waals surface area (Å²) in [5.74, 6) is -1.04. The molecule has 22 heavy (non-hydrogen) atoms. The summed E-state index contributed by atoms with van der Waals surface area (Å²) in [6.07, 6.45) is -1.08. The van der Waals surface area contributed by atoms with Gasteiger partial charge in [-0.05, 0) is 36.2 Å². The van der Waals surface area contributed by atoms with Gasteiger partial charge in [0.15, 0.2) is 0 Å². The van der Waals surface area contributed by atoms with Gasteiger partial charge < -0.3 is 10.4 Å². The number of nitrogens with zero attached hydrogens (tertiary/aromatic N) is 1. The van der Waals surface area contributed by atoms with Crippen LogP contribution >= 0.6 is 0 Å². The first-order chi connectivity index (χ1) is 10.3. The Bertz CT molecular complexity index is 699. The van der Waals surface area contributed by atoms with E-state index in [1.165, 1.54) is 18.5 Å². The van der Waals surface area contributed by atoms with Gasteiger partial charge in [0.1, 0.15) is 5.75 Å². The molecule has 1 aromatic carbocycles. The van der Waals surface area contributed by atoms with Gasteiger partial charge in [0.25, 0.3) is 5.91 Å². The maximum absolute atomic E-state index is 12.7. The monoisotopic (exact) mass is 310 g/mol. The van der Waals surface area contributed by atoms with Crippen molar-refractivity contribution >= 4 is 11.6 Å². The highest BCUT2D eigenvalue weighted by Crippen LogP contribution is 2.34. The Hall–Kier alpha value is -2.57. The van der Waals surface area contributed by atoms with Crippen molar-refractivity contribution in [3.05, 3.63) is 53.3 Å². The first kappa shape index (κ1) is 15.8. The fourth-order valence-corrected chi connectivity index (χ4v) is 1.93. The molecule has 1 amide bonds. The number of rotatable bonds is 3. The van der Waals surface area contributed by atoms with Crippen LogP contribution < -0.4 is 5.32 Å². The molecule has 1 aromatic heterocycles. The summed E-state index contributed by atoms with van der Waals surface area (Å²) in [5.41, 5.74) is -0.287. The molecule has 116 valence electrons. The minimum atomic E-state index is -4.56. The molecule has 0 saturated heterocycles. The van der Waals surface area contributed by atoms with Crippen LogP contribution in [-0.2, 0) is 12.6 Å². The third-order valence-corrected chi connectivity index (χ3v) is 3.10. The molecule has 0 fully saturated rings. The van der Waals surface area contributed by atoms with Crippen molar-refractivity contribution in [3.63, 3.8) is 0 Å². The van der Waals surface area contributed by atoms with Crippen molar-refractivity contribution in [2.24, 2.45) is 0 Å². The smallest absolute Gasteiger partial charge is 0.416 e. The van der Waals surface area contributed by atoms with Gasteiger partial charge in [-0.1, -0.05) is 6.92 Å². The maximum Gasteiger partial charge on any atom is 0.416 e. The van der Waals surface area contributed by atoms with Crippen LogP contribution in [0.4, 0.5) is 18.9 Å². The highest BCUT2D eigenvalue weighted by Gasteiger charge is 2.31. The minimum absolute atomic E-state index is 0.293. The molecule has 7 heteroatoms. The Balaban J connectivity index is 2.32. The van der Waals surface area contributed by atoms with Crippen molar-refractivity contribution in [1.29, 1.82) is 0 Å². The standard InChI is InChI=1S/C15H13F3N2O2/c1-2-9-8-19-6-5-11(9)14(22)20-12-7-10(15(16,17)18)3-4-13(12)21/h3-8,21H,2H2,1H3,(H,20,22). The van der Waals surface area contributed by atoms with E-state index in [4.69, 9.17) is 0 Å². The number of aryl methyl sites for hydroxylation is 1. The van der Waals surface area contributed by atoms with Gasteiger partial charge in [0.05, 0.1) is 11.3 Å². The zero-order valence-electron chi connectivity index (χ0n) is 11.6. The zero-order chi connectivity index (χ0) is 16.3. The van der Waals surface area contributed by atoms with Crippen molar-refractivity contribution in [2.45, 2.75) is 19.5 Å². The molecule has 0 unspecified atom stereocenters. The Kier molecular flexibility index (Phi) is 4.35. The van der Waals surface area contributed by atoms with Gasteiger partial charge in [0.2, 0.25) is 0 Å². The summed E-state index contributed by atoms with van der Waals surface area (Å²) in [4.78, 5) is 16.1. The average Bonchev–Trinajstić information content (AvgIpc) is 2.48. The van der Waals surface area contributed by atoms with Crippen molar-refractivity contribution in [1.82, 2.24) is 4.98 Å². The van der Waals surface area contributed by atoms with Crippen LogP contribution in [-0.4, -0.2) is 16.0 Å². The number of amides is 1. The van der Waals surface area contributed by atoms with Crippen molar-refractivity contribution in [3.8, 4) is 5.75 Å². The summed E-state index contributed by atoms with van der Waals surface area (Å²) in [5, 5.41) is 11.9. The van der Waals surface area contributed by atoms with Crippen LogP contribution in [0, 0.1) is 0 Å². The number of carbonyl (C=O) groups is 1. The van der Waals surface area contributed by atoms with E-state index in [9.17, 15) is 23.1 Å². The predicted molar refractivity (Wildman–Crippen MR) is 74.7 cm³/mol. The molecule has 0 aliphatic heterocycles. The summed E-state index contributed by atoms with van der Waals surface area (Å²) >= 11 is 0. The second kappa shape index (κ2) is 6.05. The largest absolute Gasteiger partial charge is 0.506 e. The normalized spacial score (nSPS) is 11.3. The highest BCUT2D eigenvalue weighted by molar-refractivity contribution is 6.05. The molecule has 0 atom stereocenters. The number of pyridine rings is 1. The van der Waals surface area contributed by atoms with Crippen molar-refractivity contribution < 1.29 is 23.1 Å². The molecule has 0 aliphatic carbocycles. The van der Waals surface area contributed by atoms with Crippen LogP contribution in [0.2, 0.25) is 0 Å². The molecule has 0 saturated carbocycles. The van der Waals surface area contributed by atoms with Crippen LogP contribution in [0.25, 0.3) is 0 Å². The fraction of sp³-hybridized carbons (Fsp3) is 0.200. The second-order valence-electron chi connectivity index (χ2n) is 4.57. The van der Waals surface area contributed by atoms with E-state index < -0.39 is 23.4 Å². The molecule has 2 aromatic rings. The Morgan fingerprint density at radius 3 is 2.68 bits per heavy atom. The summed E-state index contributed by atoms with van der Waals surface area (Å²) in [6, 6.07) is 3.81. The molecule has 0 aliphatic rings. The van der Waals surface area contributed by atoms with Crippen LogP contribution in [0.3, 0.4) is 0 Å². The Morgan fingerprint density at radius 2 is 2.05 bits per heavy atom. The van der Waals surface area contributed by atoms with Gasteiger partial charge >= 0.3 is 6.18 Å². The highest BCUT2D eigenvalue weighted by atomic mass is 19.4. The molecule has 0 radical (unpaired) electrons. The van der Waals surface area contributed by atoms with Crippen LogP contribution in [0.5, 0.6) is 5.75 Å². The predicted octanol–water partition coefficient (Wildman–Crippen LogP) is 3.62. The minimum Gasteiger partial charge on any atom is -0.506 e. The first-order valence-electron chi connectivity index (χ1n) is 6.47. The van der Waals surface area contributed by atoms with Gasteiger partial charge in [-0.25, -0.2) is 0 Å². The molecule has 2 rings (SSSR count). The number of aromatic nitrogens is 1. The molecular weight excluding hydrogens is 297 g/mol. The number of hydrogen-bond donors (Lipinski definition) is 2. The van der Waals surface area contributed by atoms with Crippen LogP contribution in [0.1, 0.15) is 28.4 Å². The van der Waals surface area contributed by atoms with Gasteiger partial charge in [-0.15, -0.1) is 0 Å². The number of nitrogens with one attached hydrogen (secondary N) is 1. The van der Waals surface area contributed by atoms with Gasteiger partial charge in [-0.3, -0.25) is 9.78 Å². The molecule has 0 bridgehead atoms. The number of benzene rings is 1. The SMILES string of the molecule is CCc1cnccc1C(=O)Nc1cc(C(F)(F)F)ccc1O. The first-order valence-corrected chi connectivity index (χ1v) is 6.47. The number of carbonyl (C=O) groups excluding carboxylic acids is 1. The average molecular weight is 310 g/mol. The number of phenols is 1. The van der Waals surface area contributed by atoms with E-state index in [-0.39, 0.29) is 5.69 Å². The van der Waals surface area contributed by atoms with E-state index in [2.05, 4.69) is 10.3 Å². The number of alkyl halides is 3. The van der Waals surface area contributed by atoms with E-state index in [0.29, 0.717) is 23.6 Å². The number of phenolic OH excluding ortho intramolecular Hbond substituents is 1. The maximum atomic E-state index is 12.7. The van der Waals surface area contributed by atoms with Gasteiger partial charge in [-0.2, -0.15) is 13.2 Å². The topological polar surface area (TPSA) is 62.2 Å². The summed E-state index contributed by atoms with van der Waals surface area (Å²) in [7, 11) is 0. The molecule has 0 spiro atoms. The lowest BCUT2D eigenvalue weighted by molar-refractivity contribution is -0.137. The lowest BCUT2D eigenvalue weighted by Gasteiger charge is -2.12. The van der Waals surface area contributed by atoms with E-state index in [1.54, 1.807) is 0 Å². The number of halogens is 3. The lowest BCUT2D eigenvalue weighted by Crippen LogP contribution is -2.15. The quantitative estimate of drug-likeness (QED) is 0.851. The second-order valence-corrected chi connectivity index (χ2v) is 4.57. The Morgan fingerprint density at radius 1 is 1.32 bits per heavy atom. The van der Waals surface area contributed by atoms with Crippen molar-refractivity contribution in [2.75, 3.05) is 5.32 Å². The lowest BCUT2D eigenvalue weighted by atomic mass is 10.1. The summed E-state index contributed by atoms with van der Waals surface area (Å²) in [6.45, 7) is 1.83. The van der Waals surface area contributed by atoms with E-state index in [0.717, 1.165) is 12.1 Å². The molecule has 2 N–H and O–H groups in total. The van der Waals surface area contributed by atoms with Crippen LogP contribution in [0.15, 0.2) is 36.7 Å². The third-order valence-electron chi connectivity index (χ3n) is 3.10. The fourth-order valence-electron chi connectivity index (χ4n) is 1.93. The number of aromatic hydroxyl groups is 1. The molecule has 1 heterocycles. The third kappa shape index (κ3) is 3.36. The molecule has 4 nitrogen and oxygen atoms in total. The zero-order valence-corrected chi connectivity index (χ0v) is 11.6.